The van der Waals surface area contributed by atoms with Crippen LogP contribution in [0.1, 0.15) is 0 Å². The van der Waals surface area contributed by atoms with Crippen molar-refractivity contribution >= 4 is 11.8 Å². The number of aliphatic hydroxyl groups excluding tert-OH is 2. The largest absolute Gasteiger partial charge is 0.390 e. The summed E-state index contributed by atoms with van der Waals surface area (Å²) in [6.45, 7) is 0. The normalized spacial score (nSPS) is 42.0. The van der Waals surface area contributed by atoms with Crippen LogP contribution in [0.15, 0.2) is 0 Å². The molecule has 0 radical (unpaired) electrons. The van der Waals surface area contributed by atoms with Crippen LogP contribution in [-0.4, -0.2) is 33.9 Å². The third-order valence-corrected chi connectivity index (χ3v) is 2.18. The second-order valence-electron chi connectivity index (χ2n) is 1.67. The van der Waals surface area contributed by atoms with Crippen molar-refractivity contribution in [1.29, 1.82) is 0 Å². The van der Waals surface area contributed by atoms with Crippen LogP contribution in [0, 0.1) is 0 Å². The van der Waals surface area contributed by atoms with Crippen LogP contribution in [0.3, 0.4) is 0 Å². The van der Waals surface area contributed by atoms with Crippen LogP contribution < -0.4 is 0 Å². The van der Waals surface area contributed by atoms with E-state index in [0.29, 0.717) is 11.5 Å². The minimum absolute atomic E-state index is 0.468. The molecular weight excluding hydrogens is 112 g/mol. The Morgan fingerprint density at radius 1 is 1.14 bits per heavy atom. The van der Waals surface area contributed by atoms with Crippen molar-refractivity contribution in [1.82, 2.24) is 0 Å². The Hall–Kier alpha value is 0.270. The van der Waals surface area contributed by atoms with Gasteiger partial charge in [0, 0.05) is 11.5 Å². The van der Waals surface area contributed by atoms with Crippen molar-refractivity contribution in [2.75, 3.05) is 11.5 Å². The summed E-state index contributed by atoms with van der Waals surface area (Å²) in [5, 5.41) is 17.5. The SMILES string of the molecule is O[C@@H]1CSC[C@H]1O. The molecule has 0 saturated carbocycles. The number of rotatable bonds is 0. The fourth-order valence-corrected chi connectivity index (χ4v) is 1.60. The zero-order valence-corrected chi connectivity index (χ0v) is 4.69. The highest BCUT2D eigenvalue weighted by atomic mass is 32.2. The van der Waals surface area contributed by atoms with E-state index < -0.39 is 12.2 Å². The van der Waals surface area contributed by atoms with E-state index in [0.717, 1.165) is 0 Å². The van der Waals surface area contributed by atoms with Gasteiger partial charge in [0.15, 0.2) is 0 Å². The van der Waals surface area contributed by atoms with Gasteiger partial charge in [0.1, 0.15) is 0 Å². The summed E-state index contributed by atoms with van der Waals surface area (Å²) in [5.41, 5.74) is 0. The van der Waals surface area contributed by atoms with Crippen LogP contribution in [0.2, 0.25) is 0 Å². The molecule has 1 rings (SSSR count). The minimum atomic E-state index is -0.468. The molecule has 0 aromatic carbocycles. The first-order chi connectivity index (χ1) is 3.30. The lowest BCUT2D eigenvalue weighted by Crippen LogP contribution is -2.22. The molecule has 0 unspecified atom stereocenters. The first-order valence-electron chi connectivity index (χ1n) is 2.24. The molecule has 42 valence electrons. The molecule has 1 aliphatic heterocycles. The third-order valence-electron chi connectivity index (χ3n) is 1.02. The first-order valence-corrected chi connectivity index (χ1v) is 3.40. The quantitative estimate of drug-likeness (QED) is 0.451. The molecule has 2 N–H and O–H groups in total. The zero-order chi connectivity index (χ0) is 5.28. The molecule has 0 spiro atoms. The molecule has 0 amide bonds. The van der Waals surface area contributed by atoms with Crippen LogP contribution in [0.5, 0.6) is 0 Å². The zero-order valence-electron chi connectivity index (χ0n) is 3.87. The lowest BCUT2D eigenvalue weighted by Gasteiger charge is -2.01. The molecule has 0 aromatic heterocycles. The van der Waals surface area contributed by atoms with Crippen molar-refractivity contribution in [2.24, 2.45) is 0 Å². The van der Waals surface area contributed by atoms with E-state index >= 15 is 0 Å². The van der Waals surface area contributed by atoms with E-state index in [2.05, 4.69) is 0 Å². The van der Waals surface area contributed by atoms with Gasteiger partial charge in [-0.15, -0.1) is 0 Å². The van der Waals surface area contributed by atoms with Gasteiger partial charge in [0.2, 0.25) is 0 Å². The molecule has 1 heterocycles. The summed E-state index contributed by atoms with van der Waals surface area (Å²) in [4.78, 5) is 0. The molecular formula is C4H8O2S. The van der Waals surface area contributed by atoms with Crippen LogP contribution in [0.4, 0.5) is 0 Å². The van der Waals surface area contributed by atoms with E-state index in [1.807, 2.05) is 0 Å². The van der Waals surface area contributed by atoms with E-state index in [-0.39, 0.29) is 0 Å². The van der Waals surface area contributed by atoms with E-state index in [4.69, 9.17) is 10.2 Å². The smallest absolute Gasteiger partial charge is 0.0897 e. The highest BCUT2D eigenvalue weighted by molar-refractivity contribution is 7.99. The summed E-state index contributed by atoms with van der Waals surface area (Å²) in [7, 11) is 0. The first kappa shape index (κ1) is 5.41. The van der Waals surface area contributed by atoms with E-state index in [9.17, 15) is 0 Å². The predicted molar refractivity (Wildman–Crippen MR) is 29.3 cm³/mol. The second kappa shape index (κ2) is 2.03. The maximum absolute atomic E-state index is 8.73. The van der Waals surface area contributed by atoms with Crippen LogP contribution in [0.25, 0.3) is 0 Å². The highest BCUT2D eigenvalue weighted by Crippen LogP contribution is 2.16. The molecule has 2 atom stereocenters. The van der Waals surface area contributed by atoms with Gasteiger partial charge >= 0.3 is 0 Å². The fraction of sp³-hybridized carbons (Fsp3) is 1.00. The minimum Gasteiger partial charge on any atom is -0.390 e. The highest BCUT2D eigenvalue weighted by Gasteiger charge is 2.22. The molecule has 0 aliphatic carbocycles. The molecule has 1 aliphatic rings. The average Bonchev–Trinajstić information content (AvgIpc) is 1.91. The number of aliphatic hydroxyl groups is 2. The van der Waals surface area contributed by atoms with Gasteiger partial charge in [-0.3, -0.25) is 0 Å². The van der Waals surface area contributed by atoms with Crippen molar-refractivity contribution in [2.45, 2.75) is 12.2 Å². The molecule has 1 fully saturated rings. The van der Waals surface area contributed by atoms with Gasteiger partial charge in [-0.2, -0.15) is 11.8 Å². The van der Waals surface area contributed by atoms with Crippen molar-refractivity contribution in [3.05, 3.63) is 0 Å². The van der Waals surface area contributed by atoms with Crippen molar-refractivity contribution in [3.63, 3.8) is 0 Å². The Morgan fingerprint density at radius 3 is 1.71 bits per heavy atom. The lowest BCUT2D eigenvalue weighted by molar-refractivity contribution is 0.0572. The Kier molecular flexibility index (Phi) is 1.57. The maximum Gasteiger partial charge on any atom is 0.0897 e. The fourth-order valence-electron chi connectivity index (χ4n) is 0.532. The van der Waals surface area contributed by atoms with Gasteiger partial charge in [0.05, 0.1) is 12.2 Å². The van der Waals surface area contributed by atoms with Gasteiger partial charge in [0.25, 0.3) is 0 Å². The number of hydrogen-bond acceptors (Lipinski definition) is 3. The van der Waals surface area contributed by atoms with E-state index in [1.165, 1.54) is 0 Å². The third kappa shape index (κ3) is 1.08. The molecule has 2 nitrogen and oxygen atoms in total. The molecule has 0 bridgehead atoms. The summed E-state index contributed by atoms with van der Waals surface area (Å²) in [6, 6.07) is 0. The second-order valence-corrected chi connectivity index (χ2v) is 2.75. The summed E-state index contributed by atoms with van der Waals surface area (Å²) in [5.74, 6) is 1.39. The van der Waals surface area contributed by atoms with Gasteiger partial charge < -0.3 is 10.2 Å². The Balaban J connectivity index is 2.33. The predicted octanol–water partition coefficient (Wildman–Crippen LogP) is -0.545. The van der Waals surface area contributed by atoms with Gasteiger partial charge in [-0.25, -0.2) is 0 Å². The van der Waals surface area contributed by atoms with Crippen molar-refractivity contribution in [3.8, 4) is 0 Å². The molecule has 0 aromatic rings. The maximum atomic E-state index is 8.73. The standard InChI is InChI=1S/C4H8O2S/c5-3-1-7-2-4(3)6/h3-6H,1-2H2/t3-,4-/m1/s1. The monoisotopic (exact) mass is 120 g/mol. The van der Waals surface area contributed by atoms with Gasteiger partial charge in [-0.05, 0) is 0 Å². The Morgan fingerprint density at radius 2 is 1.57 bits per heavy atom. The average molecular weight is 120 g/mol. The number of thioether (sulfide) groups is 1. The lowest BCUT2D eigenvalue weighted by atomic mass is 10.3. The molecule has 7 heavy (non-hydrogen) atoms. The van der Waals surface area contributed by atoms with Crippen LogP contribution >= 0.6 is 11.8 Å². The van der Waals surface area contributed by atoms with E-state index in [1.54, 1.807) is 11.8 Å². The Labute approximate surface area is 46.5 Å². The summed E-state index contributed by atoms with van der Waals surface area (Å²) in [6.07, 6.45) is -0.935. The molecule has 1 saturated heterocycles. The van der Waals surface area contributed by atoms with Crippen molar-refractivity contribution < 1.29 is 10.2 Å². The Bertz CT molecular complexity index is 58.7. The van der Waals surface area contributed by atoms with Crippen LogP contribution in [-0.2, 0) is 0 Å². The topological polar surface area (TPSA) is 40.5 Å². The number of hydrogen-bond donors (Lipinski definition) is 2. The van der Waals surface area contributed by atoms with Gasteiger partial charge in [-0.1, -0.05) is 0 Å². The molecule has 3 heteroatoms. The summed E-state index contributed by atoms with van der Waals surface area (Å²) >= 11 is 1.59. The summed E-state index contributed by atoms with van der Waals surface area (Å²) < 4.78 is 0.